The van der Waals surface area contributed by atoms with Crippen LogP contribution in [0.3, 0.4) is 0 Å². The molecule has 0 aliphatic heterocycles. The van der Waals surface area contributed by atoms with Gasteiger partial charge in [0.05, 0.1) is 12.4 Å². The summed E-state index contributed by atoms with van der Waals surface area (Å²) in [6.45, 7) is 4.00. The van der Waals surface area contributed by atoms with Gasteiger partial charge in [0.2, 0.25) is 5.91 Å². The first kappa shape index (κ1) is 19.3. The van der Waals surface area contributed by atoms with Gasteiger partial charge in [0, 0.05) is 27.6 Å². The van der Waals surface area contributed by atoms with Crippen molar-refractivity contribution >= 4 is 40.7 Å². The molecule has 0 aromatic heterocycles. The molecular weight excluding hydrogens is 358 g/mol. The van der Waals surface area contributed by atoms with Crippen LogP contribution in [-0.2, 0) is 10.5 Å². The van der Waals surface area contributed by atoms with E-state index in [0.717, 1.165) is 11.3 Å². The van der Waals surface area contributed by atoms with Gasteiger partial charge >= 0.3 is 0 Å². The molecule has 25 heavy (non-hydrogen) atoms. The number of ketones is 1. The van der Waals surface area contributed by atoms with Crippen LogP contribution in [0.15, 0.2) is 42.5 Å². The fourth-order valence-electron chi connectivity index (χ4n) is 2.19. The highest BCUT2D eigenvalue weighted by Gasteiger charge is 2.09. The minimum Gasteiger partial charge on any atom is -0.494 e. The molecule has 2 rings (SSSR count). The third-order valence-electron chi connectivity index (χ3n) is 3.39. The number of carbonyl (C=O) groups is 2. The average Bonchev–Trinajstić information content (AvgIpc) is 2.58. The lowest BCUT2D eigenvalue weighted by molar-refractivity contribution is -0.113. The second kappa shape index (κ2) is 9.49. The number of nitrogens with one attached hydrogen (secondary N) is 1. The number of ether oxygens (including phenoxy) is 1. The maximum absolute atomic E-state index is 12.0. The summed E-state index contributed by atoms with van der Waals surface area (Å²) in [5.41, 5.74) is 2.27. The van der Waals surface area contributed by atoms with Crippen molar-refractivity contribution in [2.75, 3.05) is 17.7 Å². The number of halogens is 1. The number of hydrogen-bond donors (Lipinski definition) is 1. The Morgan fingerprint density at radius 3 is 2.52 bits per heavy atom. The number of carbonyl (C=O) groups excluding carboxylic acids is 2. The van der Waals surface area contributed by atoms with Crippen LogP contribution >= 0.6 is 23.4 Å². The first-order valence-electron chi connectivity index (χ1n) is 7.89. The van der Waals surface area contributed by atoms with Crippen molar-refractivity contribution in [1.82, 2.24) is 0 Å². The molecule has 2 aromatic carbocycles. The van der Waals surface area contributed by atoms with Gasteiger partial charge in [-0.1, -0.05) is 11.6 Å². The third kappa shape index (κ3) is 6.11. The van der Waals surface area contributed by atoms with Crippen LogP contribution in [0.1, 0.15) is 29.8 Å². The SMILES string of the molecule is CCOc1ccc(C(C)=O)cc1CSCC(=O)Nc1ccc(Cl)cc1. The monoisotopic (exact) mass is 377 g/mol. The van der Waals surface area contributed by atoms with Gasteiger partial charge in [-0.15, -0.1) is 11.8 Å². The molecule has 0 aliphatic rings. The quantitative estimate of drug-likeness (QED) is 0.670. The zero-order valence-electron chi connectivity index (χ0n) is 14.2. The van der Waals surface area contributed by atoms with E-state index in [2.05, 4.69) is 5.32 Å². The van der Waals surface area contributed by atoms with E-state index < -0.39 is 0 Å². The van der Waals surface area contributed by atoms with Crippen LogP contribution in [0.5, 0.6) is 5.75 Å². The summed E-state index contributed by atoms with van der Waals surface area (Å²) >= 11 is 7.29. The Kier molecular flexibility index (Phi) is 7.34. The summed E-state index contributed by atoms with van der Waals surface area (Å²) < 4.78 is 5.60. The maximum atomic E-state index is 12.0. The summed E-state index contributed by atoms with van der Waals surface area (Å²) in [7, 11) is 0. The van der Waals surface area contributed by atoms with Crippen molar-refractivity contribution < 1.29 is 14.3 Å². The van der Waals surface area contributed by atoms with Gasteiger partial charge in [0.15, 0.2) is 5.78 Å². The Labute approximate surface area is 156 Å². The van der Waals surface area contributed by atoms with Crippen LogP contribution in [0, 0.1) is 0 Å². The molecule has 6 heteroatoms. The van der Waals surface area contributed by atoms with Gasteiger partial charge in [0.1, 0.15) is 5.75 Å². The van der Waals surface area contributed by atoms with Crippen molar-refractivity contribution in [3.8, 4) is 5.75 Å². The van der Waals surface area contributed by atoms with Gasteiger partial charge < -0.3 is 10.1 Å². The molecule has 0 spiro atoms. The number of Topliss-reactive ketones (excluding diaryl/α,β-unsaturated/α-hetero) is 1. The number of thioether (sulfide) groups is 1. The van der Waals surface area contributed by atoms with Gasteiger partial charge in [-0.3, -0.25) is 9.59 Å². The van der Waals surface area contributed by atoms with E-state index in [1.165, 1.54) is 18.7 Å². The van der Waals surface area contributed by atoms with Gasteiger partial charge in [-0.05, 0) is 56.3 Å². The first-order chi connectivity index (χ1) is 12.0. The van der Waals surface area contributed by atoms with E-state index in [0.29, 0.717) is 34.4 Å². The number of rotatable bonds is 8. The molecule has 0 atom stereocenters. The standard InChI is InChI=1S/C19H20ClNO3S/c1-3-24-18-9-4-14(13(2)22)10-15(18)11-25-12-19(23)21-17-7-5-16(20)6-8-17/h4-10H,3,11-12H2,1-2H3,(H,21,23). The van der Waals surface area contributed by atoms with Crippen molar-refractivity contribution in [2.45, 2.75) is 19.6 Å². The van der Waals surface area contributed by atoms with Crippen molar-refractivity contribution in [3.05, 3.63) is 58.6 Å². The van der Waals surface area contributed by atoms with E-state index in [9.17, 15) is 9.59 Å². The fourth-order valence-corrected chi connectivity index (χ4v) is 3.12. The Hall–Kier alpha value is -1.98. The van der Waals surface area contributed by atoms with Gasteiger partial charge in [0.25, 0.3) is 0 Å². The number of amides is 1. The van der Waals surface area contributed by atoms with Gasteiger partial charge in [-0.2, -0.15) is 0 Å². The van der Waals surface area contributed by atoms with Crippen LogP contribution in [0.25, 0.3) is 0 Å². The van der Waals surface area contributed by atoms with E-state index in [1.807, 2.05) is 19.1 Å². The summed E-state index contributed by atoms with van der Waals surface area (Å²) in [6, 6.07) is 12.4. The Morgan fingerprint density at radius 1 is 1.16 bits per heavy atom. The molecule has 0 bridgehead atoms. The molecule has 4 nitrogen and oxygen atoms in total. The predicted molar refractivity (Wildman–Crippen MR) is 104 cm³/mol. The molecule has 0 heterocycles. The van der Waals surface area contributed by atoms with Crippen LogP contribution in [0.4, 0.5) is 5.69 Å². The van der Waals surface area contributed by atoms with Crippen molar-refractivity contribution in [3.63, 3.8) is 0 Å². The number of anilines is 1. The highest BCUT2D eigenvalue weighted by molar-refractivity contribution is 7.99. The molecule has 132 valence electrons. The second-order valence-corrected chi connectivity index (χ2v) is 6.78. The second-order valence-electron chi connectivity index (χ2n) is 5.36. The maximum Gasteiger partial charge on any atom is 0.234 e. The zero-order valence-corrected chi connectivity index (χ0v) is 15.7. The Morgan fingerprint density at radius 2 is 1.88 bits per heavy atom. The molecular formula is C19H20ClNO3S. The third-order valence-corrected chi connectivity index (χ3v) is 4.62. The van der Waals surface area contributed by atoms with E-state index >= 15 is 0 Å². The van der Waals surface area contributed by atoms with Crippen molar-refractivity contribution in [2.24, 2.45) is 0 Å². The minimum absolute atomic E-state index is 0.00906. The van der Waals surface area contributed by atoms with Crippen molar-refractivity contribution in [1.29, 1.82) is 0 Å². The Balaban J connectivity index is 1.93. The Bertz CT molecular complexity index is 747. The average molecular weight is 378 g/mol. The molecule has 0 saturated heterocycles. The lowest BCUT2D eigenvalue weighted by Gasteiger charge is -2.11. The smallest absolute Gasteiger partial charge is 0.234 e. The molecule has 2 aromatic rings. The molecule has 0 unspecified atom stereocenters. The van der Waals surface area contributed by atoms with E-state index in [1.54, 1.807) is 30.3 Å². The van der Waals surface area contributed by atoms with E-state index in [4.69, 9.17) is 16.3 Å². The summed E-state index contributed by atoms with van der Waals surface area (Å²) in [5, 5.41) is 3.45. The summed E-state index contributed by atoms with van der Waals surface area (Å²) in [4.78, 5) is 23.6. The molecule has 1 N–H and O–H groups in total. The lowest BCUT2D eigenvalue weighted by Crippen LogP contribution is -2.14. The summed E-state index contributed by atoms with van der Waals surface area (Å²) in [5.74, 6) is 1.56. The lowest BCUT2D eigenvalue weighted by atomic mass is 10.1. The summed E-state index contributed by atoms with van der Waals surface area (Å²) in [6.07, 6.45) is 0. The number of hydrogen-bond acceptors (Lipinski definition) is 4. The molecule has 0 aliphatic carbocycles. The molecule has 0 fully saturated rings. The molecule has 0 saturated carbocycles. The predicted octanol–water partition coefficient (Wildman–Crippen LogP) is 4.81. The first-order valence-corrected chi connectivity index (χ1v) is 9.42. The molecule has 1 amide bonds. The highest BCUT2D eigenvalue weighted by Crippen LogP contribution is 2.25. The minimum atomic E-state index is -0.0898. The largest absolute Gasteiger partial charge is 0.494 e. The highest BCUT2D eigenvalue weighted by atomic mass is 35.5. The van der Waals surface area contributed by atoms with Gasteiger partial charge in [-0.25, -0.2) is 0 Å². The van der Waals surface area contributed by atoms with Crippen LogP contribution in [-0.4, -0.2) is 24.1 Å². The van der Waals surface area contributed by atoms with E-state index in [-0.39, 0.29) is 11.7 Å². The zero-order chi connectivity index (χ0) is 18.2. The topological polar surface area (TPSA) is 55.4 Å². The normalized spacial score (nSPS) is 10.4. The fraction of sp³-hybridized carbons (Fsp3) is 0.263. The van der Waals surface area contributed by atoms with Crippen LogP contribution in [0.2, 0.25) is 5.02 Å². The van der Waals surface area contributed by atoms with Crippen LogP contribution < -0.4 is 10.1 Å². The molecule has 0 radical (unpaired) electrons. The number of benzene rings is 2.